The van der Waals surface area contributed by atoms with Crippen molar-refractivity contribution >= 4 is 21.7 Å². The standard InChI is InChI=1S/C30H26FNO6S/c31-22-9-5-10-23(18-22)32-29(26(30(32)35)14-15-27(33)19-6-2-1-3-7-19)21-12-13-25(28(34)17-21)20-8-4-11-24(16-20)39(36,37)38/h1-13,16-18,26-27,29,33-34H,14-15H2,(H,36,37,38). The van der Waals surface area contributed by atoms with E-state index in [2.05, 4.69) is 0 Å². The van der Waals surface area contributed by atoms with E-state index in [9.17, 15) is 32.4 Å². The van der Waals surface area contributed by atoms with Crippen molar-refractivity contribution in [3.05, 3.63) is 114 Å². The van der Waals surface area contributed by atoms with Crippen LogP contribution >= 0.6 is 0 Å². The molecule has 39 heavy (non-hydrogen) atoms. The van der Waals surface area contributed by atoms with Crippen molar-refractivity contribution in [2.45, 2.75) is 29.9 Å². The Labute approximate surface area is 225 Å². The van der Waals surface area contributed by atoms with Crippen LogP contribution in [0.4, 0.5) is 10.1 Å². The van der Waals surface area contributed by atoms with Crippen LogP contribution in [0, 0.1) is 11.7 Å². The van der Waals surface area contributed by atoms with Gasteiger partial charge in [0.2, 0.25) is 5.91 Å². The molecule has 1 aliphatic heterocycles. The normalized spacial score (nSPS) is 18.0. The number of benzene rings is 4. The molecule has 3 unspecified atom stereocenters. The van der Waals surface area contributed by atoms with Gasteiger partial charge >= 0.3 is 0 Å². The molecule has 3 N–H and O–H groups in total. The largest absolute Gasteiger partial charge is 0.507 e. The van der Waals surface area contributed by atoms with Crippen LogP contribution in [0.5, 0.6) is 5.75 Å². The summed E-state index contributed by atoms with van der Waals surface area (Å²) in [4.78, 5) is 14.5. The van der Waals surface area contributed by atoms with Crippen LogP contribution in [0.25, 0.3) is 11.1 Å². The van der Waals surface area contributed by atoms with E-state index in [1.807, 2.05) is 30.3 Å². The van der Waals surface area contributed by atoms with E-state index in [1.165, 1.54) is 47.4 Å². The summed E-state index contributed by atoms with van der Waals surface area (Å²) in [6, 6.07) is 24.7. The predicted octanol–water partition coefficient (Wildman–Crippen LogP) is 5.66. The SMILES string of the molecule is O=C1C(CCC(O)c2ccccc2)C(c2ccc(-c3cccc(S(=O)(=O)O)c3)c(O)c2)N1c1cccc(F)c1. The van der Waals surface area contributed by atoms with Crippen molar-refractivity contribution in [3.63, 3.8) is 0 Å². The number of aliphatic hydroxyl groups excluding tert-OH is 1. The van der Waals surface area contributed by atoms with E-state index in [0.717, 1.165) is 5.56 Å². The molecule has 0 radical (unpaired) electrons. The summed E-state index contributed by atoms with van der Waals surface area (Å²) in [6.45, 7) is 0. The first kappa shape index (κ1) is 26.6. The highest BCUT2D eigenvalue weighted by Gasteiger charge is 2.48. The van der Waals surface area contributed by atoms with Crippen molar-refractivity contribution in [2.75, 3.05) is 4.90 Å². The fourth-order valence-corrected chi connectivity index (χ4v) is 5.63. The predicted molar refractivity (Wildman–Crippen MR) is 144 cm³/mol. The third-order valence-electron chi connectivity index (χ3n) is 7.04. The number of phenolic OH excluding ortho intramolecular Hbond substituents is 1. The minimum absolute atomic E-state index is 0.151. The zero-order valence-corrected chi connectivity index (χ0v) is 21.5. The van der Waals surface area contributed by atoms with Gasteiger partial charge in [-0.25, -0.2) is 4.39 Å². The Morgan fingerprint density at radius 2 is 1.64 bits per heavy atom. The van der Waals surface area contributed by atoms with Crippen LogP contribution in [0.2, 0.25) is 0 Å². The van der Waals surface area contributed by atoms with E-state index < -0.39 is 34.0 Å². The molecule has 0 aromatic heterocycles. The number of halogens is 1. The van der Waals surface area contributed by atoms with Gasteiger partial charge in [0.05, 0.1) is 23.0 Å². The lowest BCUT2D eigenvalue weighted by molar-refractivity contribution is -0.131. The molecule has 4 aromatic carbocycles. The number of aromatic hydroxyl groups is 1. The van der Waals surface area contributed by atoms with Gasteiger partial charge in [0, 0.05) is 11.3 Å². The smallest absolute Gasteiger partial charge is 0.294 e. The van der Waals surface area contributed by atoms with E-state index in [-0.39, 0.29) is 16.6 Å². The van der Waals surface area contributed by atoms with E-state index >= 15 is 0 Å². The van der Waals surface area contributed by atoms with Crippen LogP contribution in [-0.4, -0.2) is 29.1 Å². The van der Waals surface area contributed by atoms with Gasteiger partial charge in [-0.3, -0.25) is 9.35 Å². The van der Waals surface area contributed by atoms with Gasteiger partial charge < -0.3 is 15.1 Å². The van der Waals surface area contributed by atoms with Crippen LogP contribution in [0.3, 0.4) is 0 Å². The van der Waals surface area contributed by atoms with Crippen LogP contribution < -0.4 is 4.90 Å². The monoisotopic (exact) mass is 547 g/mol. The lowest BCUT2D eigenvalue weighted by Crippen LogP contribution is -2.55. The van der Waals surface area contributed by atoms with Crippen molar-refractivity contribution in [2.24, 2.45) is 5.92 Å². The zero-order chi connectivity index (χ0) is 27.7. The molecular weight excluding hydrogens is 521 g/mol. The molecule has 200 valence electrons. The van der Waals surface area contributed by atoms with E-state index in [0.29, 0.717) is 35.2 Å². The van der Waals surface area contributed by atoms with Crippen molar-refractivity contribution in [1.82, 2.24) is 0 Å². The van der Waals surface area contributed by atoms with Crippen LogP contribution in [0.15, 0.2) is 102 Å². The van der Waals surface area contributed by atoms with Gasteiger partial charge in [-0.15, -0.1) is 0 Å². The number of hydrogen-bond acceptors (Lipinski definition) is 5. The summed E-state index contributed by atoms with van der Waals surface area (Å²) in [7, 11) is -4.43. The molecule has 5 rings (SSSR count). The number of phenols is 1. The Bertz CT molecular complexity index is 1630. The quantitative estimate of drug-likeness (QED) is 0.194. The summed E-state index contributed by atoms with van der Waals surface area (Å²) in [6.07, 6.45) is -0.0567. The molecule has 0 saturated carbocycles. The molecule has 9 heteroatoms. The lowest BCUT2D eigenvalue weighted by Gasteiger charge is -2.48. The van der Waals surface area contributed by atoms with Crippen molar-refractivity contribution < 1.29 is 32.4 Å². The molecule has 0 aliphatic carbocycles. The highest BCUT2D eigenvalue weighted by Crippen LogP contribution is 2.47. The molecule has 7 nitrogen and oxygen atoms in total. The van der Waals surface area contributed by atoms with Crippen molar-refractivity contribution in [1.29, 1.82) is 0 Å². The summed E-state index contributed by atoms with van der Waals surface area (Å²) in [5, 5.41) is 21.6. The highest BCUT2D eigenvalue weighted by molar-refractivity contribution is 7.85. The Morgan fingerprint density at radius 3 is 2.33 bits per heavy atom. The second kappa shape index (κ2) is 10.6. The fraction of sp³-hybridized carbons (Fsp3) is 0.167. The first-order valence-corrected chi connectivity index (χ1v) is 13.8. The lowest BCUT2D eigenvalue weighted by atomic mass is 9.78. The Balaban J connectivity index is 1.46. The topological polar surface area (TPSA) is 115 Å². The van der Waals surface area contributed by atoms with Crippen LogP contribution in [0.1, 0.15) is 36.1 Å². The maximum atomic E-state index is 14.0. The minimum atomic E-state index is -4.43. The molecule has 1 aliphatic rings. The molecule has 1 saturated heterocycles. The molecule has 1 amide bonds. The molecule has 1 fully saturated rings. The van der Waals surface area contributed by atoms with Crippen LogP contribution in [-0.2, 0) is 14.9 Å². The number of carbonyl (C=O) groups excluding carboxylic acids is 1. The Hall–Kier alpha value is -4.05. The molecule has 4 aromatic rings. The highest BCUT2D eigenvalue weighted by atomic mass is 32.2. The van der Waals surface area contributed by atoms with Gasteiger partial charge in [0.25, 0.3) is 10.1 Å². The molecule has 3 atom stereocenters. The van der Waals surface area contributed by atoms with E-state index in [4.69, 9.17) is 0 Å². The maximum absolute atomic E-state index is 14.0. The van der Waals surface area contributed by atoms with Gasteiger partial charge in [0.1, 0.15) is 11.6 Å². The minimum Gasteiger partial charge on any atom is -0.507 e. The summed E-state index contributed by atoms with van der Waals surface area (Å²) < 4.78 is 46.5. The Morgan fingerprint density at radius 1 is 0.897 bits per heavy atom. The summed E-state index contributed by atoms with van der Waals surface area (Å²) in [5.74, 6) is -1.37. The number of rotatable bonds is 8. The third-order valence-corrected chi connectivity index (χ3v) is 7.89. The van der Waals surface area contributed by atoms with Gasteiger partial charge in [-0.2, -0.15) is 8.42 Å². The Kier molecular flexibility index (Phi) is 7.22. The number of nitrogens with zero attached hydrogens (tertiary/aromatic N) is 1. The van der Waals surface area contributed by atoms with Crippen molar-refractivity contribution in [3.8, 4) is 16.9 Å². The van der Waals surface area contributed by atoms with Gasteiger partial charge in [-0.1, -0.05) is 60.7 Å². The number of aliphatic hydroxyl groups is 1. The number of hydrogen-bond donors (Lipinski definition) is 3. The molecular formula is C30H26FNO6S. The van der Waals surface area contributed by atoms with E-state index in [1.54, 1.807) is 24.3 Å². The maximum Gasteiger partial charge on any atom is 0.294 e. The average Bonchev–Trinajstić information content (AvgIpc) is 2.91. The fourth-order valence-electron chi connectivity index (χ4n) is 5.11. The molecule has 0 spiro atoms. The molecule has 1 heterocycles. The number of β-lactam (4-membered cyclic amide) rings is 1. The second-order valence-corrected chi connectivity index (χ2v) is 10.9. The number of anilines is 1. The first-order valence-electron chi connectivity index (χ1n) is 12.4. The number of amides is 1. The zero-order valence-electron chi connectivity index (χ0n) is 20.7. The van der Waals surface area contributed by atoms with Gasteiger partial charge in [-0.05, 0) is 65.9 Å². The first-order chi connectivity index (χ1) is 18.6. The molecule has 0 bridgehead atoms. The third kappa shape index (κ3) is 5.42. The summed E-state index contributed by atoms with van der Waals surface area (Å²) >= 11 is 0. The second-order valence-electron chi connectivity index (χ2n) is 9.52. The average molecular weight is 548 g/mol. The number of carbonyl (C=O) groups is 1. The van der Waals surface area contributed by atoms with Gasteiger partial charge in [0.15, 0.2) is 0 Å². The summed E-state index contributed by atoms with van der Waals surface area (Å²) in [5.41, 5.74) is 2.45.